The second-order valence-corrected chi connectivity index (χ2v) is 6.30. The third kappa shape index (κ3) is 2.63. The summed E-state index contributed by atoms with van der Waals surface area (Å²) in [5.41, 5.74) is 4.22. The second kappa shape index (κ2) is 6.13. The lowest BCUT2D eigenvalue weighted by Gasteiger charge is -2.24. The van der Waals surface area contributed by atoms with Gasteiger partial charge in [-0.2, -0.15) is 0 Å². The summed E-state index contributed by atoms with van der Waals surface area (Å²) < 4.78 is 0. The molecular formula is C18H24N2O2. The zero-order chi connectivity index (χ0) is 15.7. The fourth-order valence-corrected chi connectivity index (χ4v) is 3.49. The normalized spacial score (nSPS) is 18.3. The Morgan fingerprint density at radius 2 is 2.23 bits per heavy atom. The fraction of sp³-hybridized carbons (Fsp3) is 0.500. The van der Waals surface area contributed by atoms with Gasteiger partial charge in [0.1, 0.15) is 0 Å². The van der Waals surface area contributed by atoms with E-state index in [1.807, 2.05) is 23.1 Å². The number of aliphatic hydroxyl groups excluding tert-OH is 1. The number of carbonyl (C=O) groups is 1. The van der Waals surface area contributed by atoms with E-state index in [4.69, 9.17) is 5.11 Å². The fourth-order valence-electron chi connectivity index (χ4n) is 3.49. The first-order chi connectivity index (χ1) is 10.6. The number of H-pyrrole nitrogens is 1. The highest BCUT2D eigenvalue weighted by Gasteiger charge is 2.29. The quantitative estimate of drug-likeness (QED) is 0.911. The van der Waals surface area contributed by atoms with Crippen molar-refractivity contribution in [2.45, 2.75) is 45.6 Å². The van der Waals surface area contributed by atoms with E-state index >= 15 is 0 Å². The number of benzene rings is 1. The lowest BCUT2D eigenvalue weighted by molar-refractivity contribution is 0.0724. The molecular weight excluding hydrogens is 276 g/mol. The Morgan fingerprint density at radius 3 is 3.00 bits per heavy atom. The van der Waals surface area contributed by atoms with Crippen LogP contribution in [0.1, 0.15) is 47.3 Å². The van der Waals surface area contributed by atoms with Gasteiger partial charge in [0.05, 0.1) is 0 Å². The monoisotopic (exact) mass is 300 g/mol. The van der Waals surface area contributed by atoms with Crippen LogP contribution in [0.4, 0.5) is 0 Å². The van der Waals surface area contributed by atoms with E-state index in [0.717, 1.165) is 54.4 Å². The summed E-state index contributed by atoms with van der Waals surface area (Å²) in [5.74, 6) is 0.126. The highest BCUT2D eigenvalue weighted by Crippen LogP contribution is 2.26. The maximum Gasteiger partial charge on any atom is 0.254 e. The van der Waals surface area contributed by atoms with Crippen molar-refractivity contribution in [2.24, 2.45) is 0 Å². The van der Waals surface area contributed by atoms with E-state index in [1.165, 1.54) is 5.56 Å². The van der Waals surface area contributed by atoms with Gasteiger partial charge in [0.2, 0.25) is 0 Å². The SMILES string of the molecule is Cc1[nH]c2ccc(C(=O)N3CCCC3CCCO)cc2c1C. The Labute approximate surface area is 131 Å². The smallest absolute Gasteiger partial charge is 0.254 e. The number of carbonyl (C=O) groups excluding carboxylic acids is 1. The molecule has 22 heavy (non-hydrogen) atoms. The van der Waals surface area contributed by atoms with Crippen molar-refractivity contribution < 1.29 is 9.90 Å². The Bertz CT molecular complexity index is 690. The lowest BCUT2D eigenvalue weighted by Crippen LogP contribution is -2.35. The van der Waals surface area contributed by atoms with Crippen LogP contribution in [0.5, 0.6) is 0 Å². The average Bonchev–Trinajstić information content (AvgIpc) is 3.10. The molecule has 1 amide bonds. The maximum absolute atomic E-state index is 12.8. The Kier molecular flexibility index (Phi) is 4.21. The van der Waals surface area contributed by atoms with E-state index in [1.54, 1.807) is 0 Å². The first kappa shape index (κ1) is 15.1. The van der Waals surface area contributed by atoms with E-state index in [-0.39, 0.29) is 18.6 Å². The number of aliphatic hydroxyl groups is 1. The Morgan fingerprint density at radius 1 is 1.41 bits per heavy atom. The molecule has 0 radical (unpaired) electrons. The van der Waals surface area contributed by atoms with Crippen molar-refractivity contribution in [3.05, 3.63) is 35.0 Å². The molecule has 0 spiro atoms. The molecule has 3 rings (SSSR count). The molecule has 2 aromatic rings. The molecule has 1 aliphatic rings. The number of likely N-dealkylation sites (tertiary alicyclic amines) is 1. The van der Waals surface area contributed by atoms with Gasteiger partial charge in [-0.15, -0.1) is 0 Å². The predicted octanol–water partition coefficient (Wildman–Crippen LogP) is 3.16. The van der Waals surface area contributed by atoms with Gasteiger partial charge in [0.25, 0.3) is 5.91 Å². The van der Waals surface area contributed by atoms with Crippen molar-refractivity contribution in [1.29, 1.82) is 0 Å². The minimum absolute atomic E-state index is 0.126. The van der Waals surface area contributed by atoms with E-state index in [9.17, 15) is 4.79 Å². The number of hydrogen-bond donors (Lipinski definition) is 2. The van der Waals surface area contributed by atoms with Crippen LogP contribution >= 0.6 is 0 Å². The first-order valence-corrected chi connectivity index (χ1v) is 8.12. The van der Waals surface area contributed by atoms with Crippen LogP contribution in [0.15, 0.2) is 18.2 Å². The van der Waals surface area contributed by atoms with Crippen molar-refractivity contribution in [3.63, 3.8) is 0 Å². The van der Waals surface area contributed by atoms with Crippen LogP contribution in [-0.2, 0) is 0 Å². The van der Waals surface area contributed by atoms with Crippen LogP contribution in [0.25, 0.3) is 10.9 Å². The molecule has 1 aromatic carbocycles. The number of aromatic amines is 1. The molecule has 118 valence electrons. The van der Waals surface area contributed by atoms with Crippen LogP contribution in [0.3, 0.4) is 0 Å². The molecule has 0 saturated carbocycles. The topological polar surface area (TPSA) is 56.3 Å². The third-order valence-corrected chi connectivity index (χ3v) is 4.89. The zero-order valence-corrected chi connectivity index (χ0v) is 13.4. The van der Waals surface area contributed by atoms with Gasteiger partial charge >= 0.3 is 0 Å². The molecule has 4 heteroatoms. The van der Waals surface area contributed by atoms with E-state index < -0.39 is 0 Å². The number of rotatable bonds is 4. The molecule has 1 fully saturated rings. The van der Waals surface area contributed by atoms with Gasteiger partial charge in [-0.25, -0.2) is 0 Å². The third-order valence-electron chi connectivity index (χ3n) is 4.89. The highest BCUT2D eigenvalue weighted by molar-refractivity contribution is 5.99. The first-order valence-electron chi connectivity index (χ1n) is 8.12. The van der Waals surface area contributed by atoms with Crippen LogP contribution in [-0.4, -0.2) is 40.1 Å². The van der Waals surface area contributed by atoms with Gasteiger partial charge in [0, 0.05) is 41.4 Å². The van der Waals surface area contributed by atoms with Crippen LogP contribution < -0.4 is 0 Å². The number of aryl methyl sites for hydroxylation is 2. The summed E-state index contributed by atoms with van der Waals surface area (Å²) in [4.78, 5) is 18.2. The van der Waals surface area contributed by atoms with Crippen LogP contribution in [0.2, 0.25) is 0 Å². The van der Waals surface area contributed by atoms with Gasteiger partial charge in [-0.1, -0.05) is 0 Å². The van der Waals surface area contributed by atoms with Crippen molar-refractivity contribution in [3.8, 4) is 0 Å². The number of hydrogen-bond acceptors (Lipinski definition) is 2. The highest BCUT2D eigenvalue weighted by atomic mass is 16.3. The standard InChI is InChI=1S/C18H24N2O2/c1-12-13(2)19-17-8-7-14(11-16(12)17)18(22)20-9-3-5-15(20)6-4-10-21/h7-8,11,15,19,21H,3-6,9-10H2,1-2H3. The molecule has 4 nitrogen and oxygen atoms in total. The molecule has 1 aliphatic heterocycles. The lowest BCUT2D eigenvalue weighted by atomic mass is 10.1. The molecule has 0 aliphatic carbocycles. The molecule has 0 bridgehead atoms. The van der Waals surface area contributed by atoms with Gasteiger partial charge in [-0.05, 0) is 63.3 Å². The number of fused-ring (bicyclic) bond motifs is 1. The van der Waals surface area contributed by atoms with E-state index in [2.05, 4.69) is 18.8 Å². The summed E-state index contributed by atoms with van der Waals surface area (Å²) in [5, 5.41) is 10.1. The number of nitrogens with one attached hydrogen (secondary N) is 1. The molecule has 1 saturated heterocycles. The zero-order valence-electron chi connectivity index (χ0n) is 13.4. The molecule has 2 N–H and O–H groups in total. The summed E-state index contributed by atoms with van der Waals surface area (Å²) >= 11 is 0. The van der Waals surface area contributed by atoms with Gasteiger partial charge in [-0.3, -0.25) is 4.79 Å². The van der Waals surface area contributed by atoms with Crippen molar-refractivity contribution in [2.75, 3.05) is 13.2 Å². The maximum atomic E-state index is 12.8. The minimum atomic E-state index is 0.126. The van der Waals surface area contributed by atoms with Crippen molar-refractivity contribution >= 4 is 16.8 Å². The van der Waals surface area contributed by atoms with Crippen molar-refractivity contribution in [1.82, 2.24) is 9.88 Å². The van der Waals surface area contributed by atoms with Gasteiger partial charge < -0.3 is 15.0 Å². The number of aromatic nitrogens is 1. The average molecular weight is 300 g/mol. The molecule has 1 atom stereocenters. The number of nitrogens with zero attached hydrogens (tertiary/aromatic N) is 1. The molecule has 1 unspecified atom stereocenters. The minimum Gasteiger partial charge on any atom is -0.396 e. The Hall–Kier alpha value is -1.81. The van der Waals surface area contributed by atoms with Gasteiger partial charge in [0.15, 0.2) is 0 Å². The summed E-state index contributed by atoms with van der Waals surface area (Å²) in [6.45, 7) is 5.18. The summed E-state index contributed by atoms with van der Waals surface area (Å²) in [6, 6.07) is 6.21. The largest absolute Gasteiger partial charge is 0.396 e. The number of amides is 1. The molecule has 1 aromatic heterocycles. The molecule has 2 heterocycles. The predicted molar refractivity (Wildman–Crippen MR) is 88.2 cm³/mol. The summed E-state index contributed by atoms with van der Waals surface area (Å²) in [7, 11) is 0. The summed E-state index contributed by atoms with van der Waals surface area (Å²) in [6.07, 6.45) is 3.78. The second-order valence-electron chi connectivity index (χ2n) is 6.30. The Balaban J connectivity index is 1.86. The van der Waals surface area contributed by atoms with Crippen LogP contribution in [0, 0.1) is 13.8 Å². The van der Waals surface area contributed by atoms with E-state index in [0.29, 0.717) is 0 Å².